The zero-order valence-corrected chi connectivity index (χ0v) is 14.1. The molecule has 132 valence electrons. The summed E-state index contributed by atoms with van der Waals surface area (Å²) in [6.45, 7) is 0. The zero-order chi connectivity index (χ0) is 18.5. The van der Waals surface area contributed by atoms with E-state index in [1.807, 2.05) is 6.07 Å². The van der Waals surface area contributed by atoms with Crippen molar-refractivity contribution in [1.82, 2.24) is 9.88 Å². The van der Waals surface area contributed by atoms with Gasteiger partial charge in [-0.3, -0.25) is 14.9 Å². The van der Waals surface area contributed by atoms with Crippen LogP contribution in [-0.2, 0) is 4.79 Å². The molecule has 1 aromatic heterocycles. The summed E-state index contributed by atoms with van der Waals surface area (Å²) in [7, 11) is 0. The van der Waals surface area contributed by atoms with Crippen LogP contribution in [0.25, 0.3) is 11.8 Å². The third kappa shape index (κ3) is 3.81. The average molecular weight is 350 g/mol. The third-order valence-electron chi connectivity index (χ3n) is 4.47. The second-order valence-corrected chi connectivity index (χ2v) is 6.20. The molecule has 1 fully saturated rings. The number of benzene rings is 1. The molecule has 0 atom stereocenters. The number of carbonyl (C=O) groups excluding carboxylic acids is 1. The lowest BCUT2D eigenvalue weighted by Crippen LogP contribution is -2.33. The smallest absolute Gasteiger partial charge is 0.269 e. The number of nitro groups is 1. The maximum Gasteiger partial charge on any atom is 0.269 e. The SMILES string of the molecule is N#C/C(=C/c1cccn1-c1ccc([N+](=O)[O-])cc1)C(=O)NC1CCCC1. The highest BCUT2D eigenvalue weighted by atomic mass is 16.6. The Morgan fingerprint density at radius 1 is 1.27 bits per heavy atom. The second kappa shape index (κ2) is 7.66. The Balaban J connectivity index is 1.84. The summed E-state index contributed by atoms with van der Waals surface area (Å²) in [5, 5.41) is 23.0. The fourth-order valence-electron chi connectivity index (χ4n) is 3.11. The summed E-state index contributed by atoms with van der Waals surface area (Å²) in [6.07, 6.45) is 7.40. The van der Waals surface area contributed by atoms with Gasteiger partial charge in [0.2, 0.25) is 0 Å². The van der Waals surface area contributed by atoms with E-state index in [2.05, 4.69) is 5.32 Å². The van der Waals surface area contributed by atoms with Crippen LogP contribution in [0.15, 0.2) is 48.2 Å². The molecule has 0 bridgehead atoms. The molecule has 0 aliphatic heterocycles. The van der Waals surface area contributed by atoms with Crippen molar-refractivity contribution in [3.63, 3.8) is 0 Å². The fraction of sp³-hybridized carbons (Fsp3) is 0.263. The lowest BCUT2D eigenvalue weighted by atomic mass is 10.2. The Kier molecular flexibility index (Phi) is 5.13. The number of nitrogens with one attached hydrogen (secondary N) is 1. The van der Waals surface area contributed by atoms with Crippen LogP contribution in [0.4, 0.5) is 5.69 Å². The molecule has 3 rings (SSSR count). The minimum absolute atomic E-state index is 0.00616. The average Bonchev–Trinajstić information content (AvgIpc) is 3.31. The van der Waals surface area contributed by atoms with Crippen molar-refractivity contribution >= 4 is 17.7 Å². The van der Waals surface area contributed by atoms with Gasteiger partial charge in [0.15, 0.2) is 0 Å². The van der Waals surface area contributed by atoms with Crippen LogP contribution >= 0.6 is 0 Å². The molecule has 1 aliphatic carbocycles. The number of non-ortho nitro benzene ring substituents is 1. The summed E-state index contributed by atoms with van der Waals surface area (Å²) < 4.78 is 1.77. The number of aromatic nitrogens is 1. The largest absolute Gasteiger partial charge is 0.349 e. The van der Waals surface area contributed by atoms with Crippen molar-refractivity contribution in [1.29, 1.82) is 5.26 Å². The van der Waals surface area contributed by atoms with Crippen molar-refractivity contribution in [2.75, 3.05) is 0 Å². The Hall–Kier alpha value is -3.40. The molecular formula is C19H18N4O3. The molecule has 26 heavy (non-hydrogen) atoms. The van der Waals surface area contributed by atoms with E-state index in [-0.39, 0.29) is 23.2 Å². The molecule has 0 radical (unpaired) electrons. The summed E-state index contributed by atoms with van der Waals surface area (Å²) in [5.74, 6) is -0.365. The van der Waals surface area contributed by atoms with E-state index in [1.165, 1.54) is 18.2 Å². The third-order valence-corrected chi connectivity index (χ3v) is 4.47. The minimum Gasteiger partial charge on any atom is -0.349 e. The van der Waals surface area contributed by atoms with Gasteiger partial charge in [-0.05, 0) is 43.2 Å². The summed E-state index contributed by atoms with van der Waals surface area (Å²) in [4.78, 5) is 22.7. The highest BCUT2D eigenvalue weighted by Gasteiger charge is 2.19. The molecule has 1 amide bonds. The number of rotatable bonds is 5. The van der Waals surface area contributed by atoms with E-state index in [9.17, 15) is 20.2 Å². The number of nitro benzene ring substituents is 1. The van der Waals surface area contributed by atoms with Gasteiger partial charge < -0.3 is 9.88 Å². The molecule has 1 aliphatic rings. The number of nitriles is 1. The Morgan fingerprint density at radius 2 is 1.96 bits per heavy atom. The van der Waals surface area contributed by atoms with Gasteiger partial charge in [-0.15, -0.1) is 0 Å². The van der Waals surface area contributed by atoms with Gasteiger partial charge in [-0.1, -0.05) is 12.8 Å². The normalized spacial score (nSPS) is 14.8. The number of hydrogen-bond acceptors (Lipinski definition) is 4. The van der Waals surface area contributed by atoms with Gasteiger partial charge in [0.25, 0.3) is 11.6 Å². The first-order valence-corrected chi connectivity index (χ1v) is 8.43. The van der Waals surface area contributed by atoms with Gasteiger partial charge in [0, 0.05) is 35.8 Å². The van der Waals surface area contributed by atoms with Crippen LogP contribution in [0.2, 0.25) is 0 Å². The second-order valence-electron chi connectivity index (χ2n) is 6.20. The van der Waals surface area contributed by atoms with Crippen LogP contribution in [-0.4, -0.2) is 21.4 Å². The summed E-state index contributed by atoms with van der Waals surface area (Å²) in [6, 6.07) is 11.8. The van der Waals surface area contributed by atoms with Crippen molar-refractivity contribution in [3.8, 4) is 11.8 Å². The van der Waals surface area contributed by atoms with Crippen LogP contribution in [0.5, 0.6) is 0 Å². The fourth-order valence-corrected chi connectivity index (χ4v) is 3.11. The molecule has 1 heterocycles. The quantitative estimate of drug-likeness (QED) is 0.387. The highest BCUT2D eigenvalue weighted by molar-refractivity contribution is 6.01. The van der Waals surface area contributed by atoms with E-state index in [0.29, 0.717) is 11.4 Å². The summed E-state index contributed by atoms with van der Waals surface area (Å²) >= 11 is 0. The minimum atomic E-state index is -0.457. The lowest BCUT2D eigenvalue weighted by molar-refractivity contribution is -0.384. The molecule has 1 N–H and O–H groups in total. The van der Waals surface area contributed by atoms with Crippen LogP contribution in [0.1, 0.15) is 31.4 Å². The lowest BCUT2D eigenvalue weighted by Gasteiger charge is -2.11. The molecule has 1 saturated carbocycles. The first-order valence-electron chi connectivity index (χ1n) is 8.43. The first-order chi connectivity index (χ1) is 12.6. The van der Waals surface area contributed by atoms with Gasteiger partial charge in [0.05, 0.1) is 4.92 Å². The van der Waals surface area contributed by atoms with Crippen molar-refractivity contribution < 1.29 is 9.72 Å². The van der Waals surface area contributed by atoms with E-state index in [0.717, 1.165) is 25.7 Å². The maximum absolute atomic E-state index is 12.3. The van der Waals surface area contributed by atoms with Crippen molar-refractivity contribution in [2.24, 2.45) is 0 Å². The van der Waals surface area contributed by atoms with Crippen LogP contribution in [0.3, 0.4) is 0 Å². The molecule has 0 unspecified atom stereocenters. The van der Waals surface area contributed by atoms with Gasteiger partial charge >= 0.3 is 0 Å². The Morgan fingerprint density at radius 3 is 2.58 bits per heavy atom. The maximum atomic E-state index is 12.3. The predicted octanol–water partition coefficient (Wildman–Crippen LogP) is 3.35. The number of hydrogen-bond donors (Lipinski definition) is 1. The molecular weight excluding hydrogens is 332 g/mol. The number of carbonyl (C=O) groups is 1. The zero-order valence-electron chi connectivity index (χ0n) is 14.1. The molecule has 0 saturated heterocycles. The standard InChI is InChI=1S/C19H18N4O3/c20-13-14(19(24)21-15-4-1-2-5-15)12-18-6-3-11-22(18)16-7-9-17(10-8-16)23(25)26/h3,6-12,15H,1-2,4-5H2,(H,21,24)/b14-12-. The van der Waals surface area contributed by atoms with E-state index < -0.39 is 4.92 Å². The first kappa shape index (κ1) is 17.4. The topological polar surface area (TPSA) is 101 Å². The monoisotopic (exact) mass is 350 g/mol. The van der Waals surface area contributed by atoms with Gasteiger partial charge in [-0.2, -0.15) is 5.26 Å². The summed E-state index contributed by atoms with van der Waals surface area (Å²) in [5.41, 5.74) is 1.41. The molecule has 2 aromatic rings. The molecule has 7 heteroatoms. The van der Waals surface area contributed by atoms with E-state index in [1.54, 1.807) is 35.0 Å². The molecule has 1 aromatic carbocycles. The van der Waals surface area contributed by atoms with Crippen LogP contribution in [0, 0.1) is 21.4 Å². The Bertz CT molecular complexity index is 884. The number of nitrogens with zero attached hydrogens (tertiary/aromatic N) is 3. The molecule has 0 spiro atoms. The van der Waals surface area contributed by atoms with E-state index in [4.69, 9.17) is 0 Å². The Labute approximate surface area is 150 Å². The van der Waals surface area contributed by atoms with E-state index >= 15 is 0 Å². The highest BCUT2D eigenvalue weighted by Crippen LogP contribution is 2.20. The van der Waals surface area contributed by atoms with Crippen LogP contribution < -0.4 is 5.32 Å². The van der Waals surface area contributed by atoms with Crippen molar-refractivity contribution in [3.05, 3.63) is 64.0 Å². The van der Waals surface area contributed by atoms with Crippen molar-refractivity contribution in [2.45, 2.75) is 31.7 Å². The van der Waals surface area contributed by atoms with Gasteiger partial charge in [0.1, 0.15) is 11.6 Å². The predicted molar refractivity (Wildman–Crippen MR) is 96.4 cm³/mol. The molecule has 7 nitrogen and oxygen atoms in total. The number of amides is 1. The van der Waals surface area contributed by atoms with Gasteiger partial charge in [-0.25, -0.2) is 0 Å².